The van der Waals surface area contributed by atoms with Crippen molar-refractivity contribution in [2.24, 2.45) is 23.2 Å². The van der Waals surface area contributed by atoms with Crippen molar-refractivity contribution in [1.82, 2.24) is 4.98 Å². The molecule has 5 nitrogen and oxygen atoms in total. The molecular formula is C27H43NO4S2. The van der Waals surface area contributed by atoms with E-state index in [1.807, 2.05) is 31.4 Å². The number of hydrogen-bond acceptors (Lipinski definition) is 7. The van der Waals surface area contributed by atoms with E-state index >= 15 is 0 Å². The molecule has 4 atom stereocenters. The molecule has 0 aliphatic carbocycles. The number of rotatable bonds is 2. The van der Waals surface area contributed by atoms with E-state index in [-0.39, 0.29) is 29.8 Å². The second-order valence-corrected chi connectivity index (χ2v) is 11.9. The number of Topliss-reactive ketones (excluding diaryl/α,β-unsaturated/α-hetero) is 1. The normalized spacial score (nSPS) is 28.4. The van der Waals surface area contributed by atoms with E-state index in [0.29, 0.717) is 11.8 Å². The maximum Gasteiger partial charge on any atom is 0.191 e. The molecular weight excluding hydrogens is 466 g/mol. The summed E-state index contributed by atoms with van der Waals surface area (Å²) in [4.78, 5) is 29.0. The number of allylic oxidation sites excluding steroid dienone is 3. The summed E-state index contributed by atoms with van der Waals surface area (Å²) in [6, 6.07) is 0. The van der Waals surface area contributed by atoms with E-state index in [4.69, 9.17) is 5.11 Å². The first-order valence-corrected chi connectivity index (χ1v) is 14.1. The Morgan fingerprint density at radius 3 is 2.56 bits per heavy atom. The van der Waals surface area contributed by atoms with E-state index in [1.54, 1.807) is 13.8 Å². The number of carbonyl (C=O) groups excluding carboxylic acids is 2. The van der Waals surface area contributed by atoms with Crippen molar-refractivity contribution >= 4 is 40.1 Å². The summed E-state index contributed by atoms with van der Waals surface area (Å²) in [5.41, 5.74) is 0.0503. The van der Waals surface area contributed by atoms with Crippen LogP contribution in [0.25, 0.3) is 6.08 Å². The van der Waals surface area contributed by atoms with E-state index in [9.17, 15) is 14.7 Å². The van der Waals surface area contributed by atoms with Crippen LogP contribution in [0.1, 0.15) is 84.3 Å². The molecule has 1 aliphatic rings. The first kappa shape index (κ1) is 30.8. The lowest BCUT2D eigenvalue weighted by Gasteiger charge is -2.32. The third kappa shape index (κ3) is 11.0. The third-order valence-corrected chi connectivity index (χ3v) is 8.15. The zero-order valence-corrected chi connectivity index (χ0v) is 23.3. The number of nitrogens with zero attached hydrogens (tertiary/aromatic N) is 1. The molecule has 0 saturated carbocycles. The summed E-state index contributed by atoms with van der Waals surface area (Å²) in [6.45, 7) is 11.8. The zero-order valence-electron chi connectivity index (χ0n) is 21.6. The van der Waals surface area contributed by atoms with Gasteiger partial charge in [-0.05, 0) is 44.1 Å². The molecule has 7 heteroatoms. The van der Waals surface area contributed by atoms with Gasteiger partial charge in [0, 0.05) is 28.9 Å². The van der Waals surface area contributed by atoms with Crippen molar-refractivity contribution in [3.05, 3.63) is 34.3 Å². The average Bonchev–Trinajstić information content (AvgIpc) is 3.24. The fourth-order valence-electron chi connectivity index (χ4n) is 3.94. The predicted molar refractivity (Wildman–Crippen MR) is 145 cm³/mol. The fraction of sp³-hybridized carbons (Fsp3) is 0.667. The van der Waals surface area contributed by atoms with Gasteiger partial charge in [-0.3, -0.25) is 9.59 Å². The van der Waals surface area contributed by atoms with Crippen molar-refractivity contribution in [2.75, 3.05) is 5.75 Å². The van der Waals surface area contributed by atoms with Crippen LogP contribution >= 0.6 is 23.1 Å². The lowest BCUT2D eigenvalue weighted by molar-refractivity contribution is -0.138. The van der Waals surface area contributed by atoms with Crippen LogP contribution in [0, 0.1) is 23.2 Å². The van der Waals surface area contributed by atoms with E-state index < -0.39 is 11.5 Å². The Labute approximate surface area is 214 Å². The Morgan fingerprint density at radius 1 is 1.24 bits per heavy atom. The van der Waals surface area contributed by atoms with Crippen molar-refractivity contribution in [1.29, 1.82) is 0 Å². The molecule has 34 heavy (non-hydrogen) atoms. The van der Waals surface area contributed by atoms with Gasteiger partial charge in [0.2, 0.25) is 0 Å². The largest absolute Gasteiger partial charge is 0.392 e. The maximum atomic E-state index is 12.8. The summed E-state index contributed by atoms with van der Waals surface area (Å²) in [7, 11) is 0. The van der Waals surface area contributed by atoms with Crippen LogP contribution in [0.4, 0.5) is 0 Å². The average molecular weight is 510 g/mol. The van der Waals surface area contributed by atoms with E-state index in [1.165, 1.54) is 23.1 Å². The van der Waals surface area contributed by atoms with Crippen molar-refractivity contribution in [3.63, 3.8) is 0 Å². The van der Waals surface area contributed by atoms with Gasteiger partial charge in [0.15, 0.2) is 5.12 Å². The van der Waals surface area contributed by atoms with Gasteiger partial charge in [-0.15, -0.1) is 11.3 Å². The lowest BCUT2D eigenvalue weighted by Crippen LogP contribution is -2.41. The van der Waals surface area contributed by atoms with Gasteiger partial charge in [-0.1, -0.05) is 71.0 Å². The van der Waals surface area contributed by atoms with E-state index in [2.05, 4.69) is 31.0 Å². The topological polar surface area (TPSA) is 87.5 Å². The molecule has 2 heterocycles. The van der Waals surface area contributed by atoms with Gasteiger partial charge < -0.3 is 10.2 Å². The SMILES string of the molecule is C/C=C\c1csc(CO)n1.CC1CCC/C=C\[C@H](C)CSC(=O)CC(O)C(C)(C)C(=O)C(C)C1. The summed E-state index contributed by atoms with van der Waals surface area (Å²) in [5, 5.41) is 21.8. The minimum absolute atomic E-state index is 0.0308. The van der Waals surface area contributed by atoms with Crippen LogP contribution < -0.4 is 0 Å². The van der Waals surface area contributed by atoms with E-state index in [0.717, 1.165) is 42.1 Å². The molecule has 1 aromatic rings. The van der Waals surface area contributed by atoms with Crippen LogP contribution in [-0.4, -0.2) is 38.0 Å². The number of thiazole rings is 1. The standard InChI is InChI=1S/C20H34O3S.C7H9NOS/c1-14-9-7-6-8-10-15(2)13-24-18(22)12-17(21)20(4,5)19(23)16(3)11-14;1-2-3-6-5-10-7(4-9)8-6/h8,10,14-17,21H,6-7,9,11-13H2,1-5H3;2-3,5,9H,4H2,1H3/b10-8-;3-2-/t14?,15-,16?,17?;/m0./s1. The summed E-state index contributed by atoms with van der Waals surface area (Å²) in [6.07, 6.45) is 11.5. The smallest absolute Gasteiger partial charge is 0.191 e. The number of carbonyl (C=O) groups is 2. The summed E-state index contributed by atoms with van der Waals surface area (Å²) in [5.74, 6) is 1.54. The molecule has 0 radical (unpaired) electrons. The highest BCUT2D eigenvalue weighted by atomic mass is 32.2. The van der Waals surface area contributed by atoms with Crippen LogP contribution in [0.15, 0.2) is 23.6 Å². The third-order valence-electron chi connectivity index (χ3n) is 6.11. The first-order valence-electron chi connectivity index (χ1n) is 12.2. The highest BCUT2D eigenvalue weighted by Gasteiger charge is 2.39. The molecule has 2 N–H and O–H groups in total. The van der Waals surface area contributed by atoms with Crippen LogP contribution in [-0.2, 0) is 16.2 Å². The fourth-order valence-corrected chi connectivity index (χ4v) is 5.39. The number of aromatic nitrogens is 1. The minimum atomic E-state index is -0.915. The highest BCUT2D eigenvalue weighted by Crippen LogP contribution is 2.32. The Bertz CT molecular complexity index is 815. The zero-order chi connectivity index (χ0) is 25.7. The molecule has 192 valence electrons. The Hall–Kier alpha value is -1.28. The number of hydrogen-bond donors (Lipinski definition) is 2. The molecule has 0 spiro atoms. The monoisotopic (exact) mass is 509 g/mol. The van der Waals surface area contributed by atoms with Crippen molar-refractivity contribution in [2.45, 2.75) is 86.4 Å². The molecule has 0 bridgehead atoms. The number of thioether (sulfide) groups is 1. The first-order chi connectivity index (χ1) is 16.0. The van der Waals surface area contributed by atoms with Gasteiger partial charge in [0.05, 0.1) is 18.4 Å². The molecule has 0 fully saturated rings. The lowest BCUT2D eigenvalue weighted by atomic mass is 9.74. The maximum absolute atomic E-state index is 12.8. The molecule has 1 aliphatic heterocycles. The predicted octanol–water partition coefficient (Wildman–Crippen LogP) is 6.30. The Balaban J connectivity index is 0.000000479. The Kier molecular flexibility index (Phi) is 14.2. The number of aliphatic hydroxyl groups excluding tert-OH is 2. The second kappa shape index (κ2) is 15.7. The molecule has 3 unspecified atom stereocenters. The minimum Gasteiger partial charge on any atom is -0.392 e. The highest BCUT2D eigenvalue weighted by molar-refractivity contribution is 8.13. The molecule has 2 rings (SSSR count). The molecule has 1 aromatic heterocycles. The van der Waals surface area contributed by atoms with Gasteiger partial charge >= 0.3 is 0 Å². The van der Waals surface area contributed by atoms with Crippen LogP contribution in [0.5, 0.6) is 0 Å². The molecule has 0 aromatic carbocycles. The van der Waals surface area contributed by atoms with Crippen molar-refractivity contribution < 1.29 is 19.8 Å². The van der Waals surface area contributed by atoms with Crippen LogP contribution in [0.3, 0.4) is 0 Å². The molecule has 0 saturated heterocycles. The quantitative estimate of drug-likeness (QED) is 0.455. The van der Waals surface area contributed by atoms with Gasteiger partial charge in [-0.2, -0.15) is 0 Å². The molecule has 0 amide bonds. The van der Waals surface area contributed by atoms with Gasteiger partial charge in [-0.25, -0.2) is 4.98 Å². The second-order valence-electron chi connectivity index (χ2n) is 9.89. The van der Waals surface area contributed by atoms with Gasteiger partial charge in [0.1, 0.15) is 10.8 Å². The summed E-state index contributed by atoms with van der Waals surface area (Å²) < 4.78 is 0. The summed E-state index contributed by atoms with van der Waals surface area (Å²) >= 11 is 2.74. The van der Waals surface area contributed by atoms with Gasteiger partial charge in [0.25, 0.3) is 0 Å². The number of ketones is 1. The Morgan fingerprint density at radius 2 is 1.94 bits per heavy atom. The number of aliphatic hydroxyl groups is 2. The van der Waals surface area contributed by atoms with Crippen molar-refractivity contribution in [3.8, 4) is 0 Å². The van der Waals surface area contributed by atoms with Crippen LogP contribution in [0.2, 0.25) is 0 Å².